The van der Waals surface area contributed by atoms with Gasteiger partial charge < -0.3 is 10.4 Å². The van der Waals surface area contributed by atoms with Crippen LogP contribution >= 0.6 is 0 Å². The van der Waals surface area contributed by atoms with Gasteiger partial charge in [0.1, 0.15) is 11.4 Å². The third kappa shape index (κ3) is 3.43. The van der Waals surface area contributed by atoms with Gasteiger partial charge in [-0.3, -0.25) is 4.79 Å². The number of hydrogen-bond acceptors (Lipinski definition) is 2. The number of nitrogens with one attached hydrogen (secondary N) is 1. The molecular weight excluding hydrogens is 254 g/mol. The third-order valence-corrected chi connectivity index (χ3v) is 2.10. The summed E-state index contributed by atoms with van der Waals surface area (Å²) in [7, 11) is 0. The maximum Gasteiger partial charge on any atom is 0.416 e. The lowest BCUT2D eigenvalue weighted by Crippen LogP contribution is -2.37. The Morgan fingerprint density at radius 3 is 2.28 bits per heavy atom. The molecule has 0 aliphatic heterocycles. The average Bonchev–Trinajstić information content (AvgIpc) is 2.18. The standard InChI is InChI=1S/C11H11F4NO2/c1-10(2,18)9(17)16-8-5-6(11(13,14)15)3-4-7(8)12/h3-5,18H,1-2H3,(H,16,17). The van der Waals surface area contributed by atoms with Crippen LogP contribution in [0, 0.1) is 5.82 Å². The molecule has 0 heterocycles. The number of hydrogen-bond donors (Lipinski definition) is 2. The van der Waals surface area contributed by atoms with E-state index in [0.29, 0.717) is 18.2 Å². The number of benzene rings is 1. The summed E-state index contributed by atoms with van der Waals surface area (Å²) in [5.41, 5.74) is -3.53. The Kier molecular flexibility index (Phi) is 3.66. The van der Waals surface area contributed by atoms with Crippen LogP contribution in [0.25, 0.3) is 0 Å². The molecule has 1 amide bonds. The Morgan fingerprint density at radius 1 is 1.28 bits per heavy atom. The van der Waals surface area contributed by atoms with Crippen molar-refractivity contribution >= 4 is 11.6 Å². The predicted octanol–water partition coefficient (Wildman–Crippen LogP) is 2.55. The summed E-state index contributed by atoms with van der Waals surface area (Å²) in [5.74, 6) is -2.01. The zero-order valence-electron chi connectivity index (χ0n) is 9.60. The second-order valence-electron chi connectivity index (χ2n) is 4.21. The number of carbonyl (C=O) groups is 1. The molecule has 18 heavy (non-hydrogen) atoms. The zero-order chi connectivity index (χ0) is 14.1. The van der Waals surface area contributed by atoms with Crippen LogP contribution in [0.5, 0.6) is 0 Å². The van der Waals surface area contributed by atoms with Crippen LogP contribution in [0.4, 0.5) is 23.2 Å². The molecule has 2 N–H and O–H groups in total. The van der Waals surface area contributed by atoms with E-state index in [2.05, 4.69) is 0 Å². The lowest BCUT2D eigenvalue weighted by atomic mass is 10.1. The molecule has 1 rings (SSSR count). The molecule has 0 unspecified atom stereocenters. The van der Waals surface area contributed by atoms with Crippen LogP contribution in [0.3, 0.4) is 0 Å². The number of amides is 1. The monoisotopic (exact) mass is 265 g/mol. The first kappa shape index (κ1) is 14.4. The molecule has 0 saturated carbocycles. The number of rotatable bonds is 2. The van der Waals surface area contributed by atoms with E-state index < -0.39 is 34.8 Å². The fourth-order valence-corrected chi connectivity index (χ4v) is 1.07. The van der Waals surface area contributed by atoms with Gasteiger partial charge in [0.2, 0.25) is 0 Å². The van der Waals surface area contributed by atoms with E-state index in [-0.39, 0.29) is 0 Å². The van der Waals surface area contributed by atoms with E-state index in [4.69, 9.17) is 0 Å². The van der Waals surface area contributed by atoms with E-state index in [1.54, 1.807) is 0 Å². The Bertz CT molecular complexity index is 463. The largest absolute Gasteiger partial charge is 0.416 e. The van der Waals surface area contributed by atoms with Crippen LogP contribution < -0.4 is 5.32 Å². The quantitative estimate of drug-likeness (QED) is 0.807. The second kappa shape index (κ2) is 4.56. The molecule has 0 aliphatic rings. The van der Waals surface area contributed by atoms with Crippen molar-refractivity contribution in [3.63, 3.8) is 0 Å². The highest BCUT2D eigenvalue weighted by atomic mass is 19.4. The first-order chi connectivity index (χ1) is 8.01. The van der Waals surface area contributed by atoms with Crippen molar-refractivity contribution in [2.75, 3.05) is 5.32 Å². The van der Waals surface area contributed by atoms with Crippen molar-refractivity contribution in [2.45, 2.75) is 25.6 Å². The van der Waals surface area contributed by atoms with E-state index >= 15 is 0 Å². The molecule has 0 aliphatic carbocycles. The molecule has 0 radical (unpaired) electrons. The van der Waals surface area contributed by atoms with Gasteiger partial charge in [-0.2, -0.15) is 13.2 Å². The molecule has 3 nitrogen and oxygen atoms in total. The Morgan fingerprint density at radius 2 is 1.83 bits per heavy atom. The topological polar surface area (TPSA) is 49.3 Å². The lowest BCUT2D eigenvalue weighted by molar-refractivity contribution is -0.137. The summed E-state index contributed by atoms with van der Waals surface area (Å²) < 4.78 is 50.4. The van der Waals surface area contributed by atoms with Crippen molar-refractivity contribution in [2.24, 2.45) is 0 Å². The van der Waals surface area contributed by atoms with Gasteiger partial charge in [0.25, 0.3) is 5.91 Å². The van der Waals surface area contributed by atoms with Crippen LogP contribution in [-0.2, 0) is 11.0 Å². The molecule has 0 aromatic heterocycles. The fourth-order valence-electron chi connectivity index (χ4n) is 1.07. The number of carbonyl (C=O) groups excluding carboxylic acids is 1. The average molecular weight is 265 g/mol. The van der Waals surface area contributed by atoms with Crippen molar-refractivity contribution in [3.8, 4) is 0 Å². The van der Waals surface area contributed by atoms with Crippen molar-refractivity contribution in [1.82, 2.24) is 0 Å². The molecule has 1 aromatic rings. The summed E-state index contributed by atoms with van der Waals surface area (Å²) in [5, 5.41) is 11.2. The summed E-state index contributed by atoms with van der Waals surface area (Å²) in [6, 6.07) is 1.64. The maximum atomic E-state index is 13.2. The van der Waals surface area contributed by atoms with Gasteiger partial charge in [-0.1, -0.05) is 0 Å². The first-order valence-electron chi connectivity index (χ1n) is 4.92. The highest BCUT2D eigenvalue weighted by Gasteiger charge is 2.32. The van der Waals surface area contributed by atoms with E-state index in [9.17, 15) is 27.5 Å². The van der Waals surface area contributed by atoms with Gasteiger partial charge in [-0.25, -0.2) is 4.39 Å². The predicted molar refractivity (Wildman–Crippen MR) is 56.3 cm³/mol. The van der Waals surface area contributed by atoms with Crippen LogP contribution in [0.1, 0.15) is 19.4 Å². The van der Waals surface area contributed by atoms with Crippen molar-refractivity contribution in [3.05, 3.63) is 29.6 Å². The van der Waals surface area contributed by atoms with Gasteiger partial charge in [-0.15, -0.1) is 0 Å². The summed E-state index contributed by atoms with van der Waals surface area (Å²) in [6.45, 7) is 2.27. The van der Waals surface area contributed by atoms with Crippen molar-refractivity contribution < 1.29 is 27.5 Å². The molecule has 0 fully saturated rings. The Labute approximate surface area is 100 Å². The normalized spacial score (nSPS) is 12.4. The molecule has 0 spiro atoms. The van der Waals surface area contributed by atoms with E-state index in [1.807, 2.05) is 5.32 Å². The van der Waals surface area contributed by atoms with Gasteiger partial charge in [0, 0.05) is 0 Å². The molecule has 0 bridgehead atoms. The highest BCUT2D eigenvalue weighted by molar-refractivity contribution is 5.96. The smallest absolute Gasteiger partial charge is 0.381 e. The minimum Gasteiger partial charge on any atom is -0.381 e. The minimum absolute atomic E-state index is 0.471. The molecule has 1 aromatic carbocycles. The van der Waals surface area contributed by atoms with Crippen LogP contribution in [0.15, 0.2) is 18.2 Å². The maximum absolute atomic E-state index is 13.2. The van der Waals surface area contributed by atoms with Gasteiger partial charge >= 0.3 is 6.18 Å². The summed E-state index contributed by atoms with van der Waals surface area (Å²) >= 11 is 0. The number of aliphatic hydroxyl groups is 1. The molecule has 7 heteroatoms. The van der Waals surface area contributed by atoms with Crippen LogP contribution in [0.2, 0.25) is 0 Å². The van der Waals surface area contributed by atoms with Gasteiger partial charge in [-0.05, 0) is 32.0 Å². The molecule has 100 valence electrons. The summed E-state index contributed by atoms with van der Waals surface area (Å²) in [4.78, 5) is 11.3. The first-order valence-corrected chi connectivity index (χ1v) is 4.92. The number of alkyl halides is 3. The minimum atomic E-state index is -4.64. The Balaban J connectivity index is 3.06. The summed E-state index contributed by atoms with van der Waals surface area (Å²) in [6.07, 6.45) is -4.64. The SMILES string of the molecule is CC(C)(O)C(=O)Nc1cc(C(F)(F)F)ccc1F. The second-order valence-corrected chi connectivity index (χ2v) is 4.21. The Hall–Kier alpha value is -1.63. The van der Waals surface area contributed by atoms with E-state index in [0.717, 1.165) is 13.8 Å². The molecule has 0 atom stereocenters. The van der Waals surface area contributed by atoms with Gasteiger partial charge in [0.05, 0.1) is 11.3 Å². The van der Waals surface area contributed by atoms with Gasteiger partial charge in [0.15, 0.2) is 0 Å². The van der Waals surface area contributed by atoms with E-state index in [1.165, 1.54) is 0 Å². The van der Waals surface area contributed by atoms with Crippen molar-refractivity contribution in [1.29, 1.82) is 0 Å². The number of halogens is 4. The highest BCUT2D eigenvalue weighted by Crippen LogP contribution is 2.31. The molecular formula is C11H11F4NO2. The fraction of sp³-hybridized carbons (Fsp3) is 0.364. The third-order valence-electron chi connectivity index (χ3n) is 2.10. The molecule has 0 saturated heterocycles. The van der Waals surface area contributed by atoms with Crippen LogP contribution in [-0.4, -0.2) is 16.6 Å². The lowest BCUT2D eigenvalue weighted by Gasteiger charge is -2.17. The zero-order valence-corrected chi connectivity index (χ0v) is 9.60. The number of anilines is 1.